The highest BCUT2D eigenvalue weighted by Crippen LogP contribution is 2.32. The molecular weight excluding hydrogens is 504 g/mol. The van der Waals surface area contributed by atoms with Crippen molar-refractivity contribution in [3.05, 3.63) is 47.8 Å². The summed E-state index contributed by atoms with van der Waals surface area (Å²) in [6, 6.07) is 6.77. The molecule has 10 heteroatoms. The molecule has 1 aromatic carbocycles. The van der Waals surface area contributed by atoms with Crippen molar-refractivity contribution in [2.24, 2.45) is 0 Å². The average molecular weight is 541 g/mol. The van der Waals surface area contributed by atoms with E-state index in [1.54, 1.807) is 15.6 Å². The van der Waals surface area contributed by atoms with Crippen molar-refractivity contribution in [1.29, 1.82) is 0 Å². The molecule has 2 aliphatic heterocycles. The van der Waals surface area contributed by atoms with Gasteiger partial charge in [0.15, 0.2) is 5.13 Å². The number of aryl methyl sites for hydroxylation is 1. The second-order valence-corrected chi connectivity index (χ2v) is 13.0. The van der Waals surface area contributed by atoms with Crippen LogP contribution in [0.1, 0.15) is 57.1 Å². The molecule has 1 fully saturated rings. The number of benzene rings is 1. The van der Waals surface area contributed by atoms with Gasteiger partial charge in [0.1, 0.15) is 0 Å². The number of thiazole rings is 1. The van der Waals surface area contributed by atoms with Gasteiger partial charge in [-0.25, -0.2) is 23.4 Å². The zero-order valence-corrected chi connectivity index (χ0v) is 23.3. The Labute approximate surface area is 223 Å². The van der Waals surface area contributed by atoms with Crippen LogP contribution in [-0.4, -0.2) is 65.6 Å². The number of fused-ring (bicyclic) bond motifs is 1. The van der Waals surface area contributed by atoms with E-state index in [0.29, 0.717) is 25.6 Å². The molecule has 1 saturated heterocycles. The molecule has 2 aliphatic rings. The highest BCUT2D eigenvalue weighted by molar-refractivity contribution is 7.89. The molecule has 0 unspecified atom stereocenters. The highest BCUT2D eigenvalue weighted by Gasteiger charge is 2.24. The summed E-state index contributed by atoms with van der Waals surface area (Å²) >= 11 is 1.69. The lowest BCUT2D eigenvalue weighted by molar-refractivity contribution is 0.440. The van der Waals surface area contributed by atoms with E-state index >= 15 is 0 Å². The van der Waals surface area contributed by atoms with E-state index < -0.39 is 10.0 Å². The highest BCUT2D eigenvalue weighted by atomic mass is 32.2. The maximum atomic E-state index is 12.4. The third kappa shape index (κ3) is 6.13. The molecule has 4 heterocycles. The number of hydrogen-bond donors (Lipinski definition) is 1. The summed E-state index contributed by atoms with van der Waals surface area (Å²) in [5.41, 5.74) is 4.57. The lowest BCUT2D eigenvalue weighted by Gasteiger charge is -2.32. The molecule has 0 amide bonds. The minimum atomic E-state index is -3.15. The summed E-state index contributed by atoms with van der Waals surface area (Å²) < 4.78 is 27.5. The predicted molar refractivity (Wildman–Crippen MR) is 153 cm³/mol. The van der Waals surface area contributed by atoms with Crippen LogP contribution in [0.25, 0.3) is 15.8 Å². The van der Waals surface area contributed by atoms with Gasteiger partial charge in [-0.15, -0.1) is 0 Å². The number of sulfonamides is 1. The molecule has 0 aliphatic carbocycles. The third-order valence-corrected chi connectivity index (χ3v) is 10.1. The summed E-state index contributed by atoms with van der Waals surface area (Å²) in [5, 5.41) is 4.61. The van der Waals surface area contributed by atoms with Crippen LogP contribution < -0.4 is 10.2 Å². The minimum absolute atomic E-state index is 0.220. The Balaban J connectivity index is 1.19. The Hall–Kier alpha value is -2.56. The lowest BCUT2D eigenvalue weighted by Crippen LogP contribution is -2.39. The van der Waals surface area contributed by atoms with Crippen molar-refractivity contribution < 1.29 is 8.42 Å². The quantitative estimate of drug-likeness (QED) is 0.411. The van der Waals surface area contributed by atoms with Gasteiger partial charge in [-0.05, 0) is 60.9 Å². The molecule has 5 rings (SSSR count). The molecule has 0 bridgehead atoms. The lowest BCUT2D eigenvalue weighted by atomic mass is 10.0. The maximum absolute atomic E-state index is 12.4. The fourth-order valence-electron chi connectivity index (χ4n) is 5.07. The van der Waals surface area contributed by atoms with Crippen molar-refractivity contribution in [3.8, 4) is 0 Å². The molecule has 198 valence electrons. The monoisotopic (exact) mass is 540 g/mol. The average Bonchev–Trinajstić information content (AvgIpc) is 3.31. The number of piperidine rings is 1. The van der Waals surface area contributed by atoms with Crippen LogP contribution in [0, 0.1) is 0 Å². The molecule has 37 heavy (non-hydrogen) atoms. The molecule has 0 spiro atoms. The normalized spacial score (nSPS) is 17.8. The Kier molecular flexibility index (Phi) is 8.07. The Morgan fingerprint density at radius 2 is 1.86 bits per heavy atom. The van der Waals surface area contributed by atoms with E-state index in [9.17, 15) is 8.42 Å². The van der Waals surface area contributed by atoms with Gasteiger partial charge in [0, 0.05) is 44.6 Å². The summed E-state index contributed by atoms with van der Waals surface area (Å²) in [6.07, 6.45) is 11.5. The molecule has 1 N–H and O–H groups in total. The molecular formula is C27H36N6O2S2. The fraction of sp³-hybridized carbons (Fsp3) is 0.519. The predicted octanol–water partition coefficient (Wildman–Crippen LogP) is 4.95. The van der Waals surface area contributed by atoms with Crippen molar-refractivity contribution >= 4 is 48.2 Å². The zero-order chi connectivity index (χ0) is 25.8. The van der Waals surface area contributed by atoms with Crippen molar-refractivity contribution in [2.45, 2.75) is 58.4 Å². The van der Waals surface area contributed by atoms with Gasteiger partial charge < -0.3 is 10.2 Å². The Morgan fingerprint density at radius 3 is 2.54 bits per heavy atom. The number of aromatic nitrogens is 3. The van der Waals surface area contributed by atoms with Crippen LogP contribution in [0.2, 0.25) is 0 Å². The van der Waals surface area contributed by atoms with Gasteiger partial charge >= 0.3 is 0 Å². The number of anilines is 2. The van der Waals surface area contributed by atoms with Gasteiger partial charge in [-0.1, -0.05) is 43.7 Å². The van der Waals surface area contributed by atoms with Gasteiger partial charge in [-0.2, -0.15) is 4.31 Å². The first-order chi connectivity index (χ1) is 17.9. The van der Waals surface area contributed by atoms with Crippen LogP contribution in [-0.2, 0) is 16.4 Å². The van der Waals surface area contributed by atoms with E-state index in [-0.39, 0.29) is 5.75 Å². The maximum Gasteiger partial charge on any atom is 0.225 e. The fourth-order valence-corrected chi connectivity index (χ4v) is 7.49. The first-order valence-corrected chi connectivity index (χ1v) is 15.8. The summed E-state index contributed by atoms with van der Waals surface area (Å²) in [4.78, 5) is 16.2. The van der Waals surface area contributed by atoms with Crippen molar-refractivity contribution in [1.82, 2.24) is 19.3 Å². The van der Waals surface area contributed by atoms with Crippen molar-refractivity contribution in [2.75, 3.05) is 42.1 Å². The van der Waals surface area contributed by atoms with Gasteiger partial charge in [0.2, 0.25) is 16.0 Å². The first kappa shape index (κ1) is 26.1. The summed E-state index contributed by atoms with van der Waals surface area (Å²) in [6.45, 7) is 6.94. The Morgan fingerprint density at radius 1 is 1.08 bits per heavy atom. The van der Waals surface area contributed by atoms with Gasteiger partial charge in [-0.3, -0.25) is 0 Å². The van der Waals surface area contributed by atoms with E-state index in [2.05, 4.69) is 51.4 Å². The molecule has 3 aromatic rings. The van der Waals surface area contributed by atoms with Gasteiger partial charge in [0.05, 0.1) is 16.0 Å². The van der Waals surface area contributed by atoms with Crippen molar-refractivity contribution in [3.63, 3.8) is 0 Å². The minimum Gasteiger partial charge on any atom is -0.359 e. The van der Waals surface area contributed by atoms with E-state index in [1.165, 1.54) is 11.1 Å². The number of rotatable bonds is 9. The standard InChI is InChI=1S/C27H36N6O2S2/c1-3-5-20-18-28-26(29-19-20)32-12-10-23(11-13-32)30-27-31-24-7-6-22(17-25(24)36-27)21-8-14-33(15-9-21)37(34,35)16-4-2/h6-8,17-19,23H,3-5,9-16H2,1-2H3,(H,30,31). The Bertz CT molecular complexity index is 1340. The van der Waals surface area contributed by atoms with E-state index in [1.807, 2.05) is 19.3 Å². The van der Waals surface area contributed by atoms with Crippen LogP contribution >= 0.6 is 11.3 Å². The molecule has 0 radical (unpaired) electrons. The zero-order valence-electron chi connectivity index (χ0n) is 21.7. The van der Waals surface area contributed by atoms with E-state index in [4.69, 9.17) is 4.98 Å². The molecule has 2 aromatic heterocycles. The number of hydrogen-bond acceptors (Lipinski definition) is 8. The summed E-state index contributed by atoms with van der Waals surface area (Å²) in [5.74, 6) is 1.05. The third-order valence-electron chi connectivity index (χ3n) is 7.12. The molecule has 8 nitrogen and oxygen atoms in total. The van der Waals surface area contributed by atoms with Crippen LogP contribution in [0.5, 0.6) is 0 Å². The van der Waals surface area contributed by atoms with Crippen LogP contribution in [0.3, 0.4) is 0 Å². The summed E-state index contributed by atoms with van der Waals surface area (Å²) in [7, 11) is -3.15. The SMILES string of the molecule is CCCc1cnc(N2CCC(Nc3nc4ccc(C5=CCN(S(=O)(=O)CCC)CC5)cc4s3)CC2)nc1. The number of nitrogens with zero attached hydrogens (tertiary/aromatic N) is 5. The van der Waals surface area contributed by atoms with Crippen LogP contribution in [0.4, 0.5) is 11.1 Å². The smallest absolute Gasteiger partial charge is 0.225 e. The number of nitrogens with one attached hydrogen (secondary N) is 1. The van der Waals surface area contributed by atoms with Crippen LogP contribution in [0.15, 0.2) is 36.7 Å². The van der Waals surface area contributed by atoms with E-state index in [0.717, 1.165) is 72.1 Å². The largest absolute Gasteiger partial charge is 0.359 e. The second kappa shape index (κ2) is 11.4. The molecule has 0 saturated carbocycles. The molecule has 0 atom stereocenters. The topological polar surface area (TPSA) is 91.3 Å². The van der Waals surface area contributed by atoms with Gasteiger partial charge in [0.25, 0.3) is 0 Å². The second-order valence-electron chi connectivity index (χ2n) is 9.90. The first-order valence-electron chi connectivity index (χ1n) is 13.4.